The number of hydrogen-bond donors (Lipinski definition) is 1. The normalized spacial score (nSPS) is 11.9. The fourth-order valence-corrected chi connectivity index (χ4v) is 3.35. The number of thiazole rings is 1. The first-order valence-corrected chi connectivity index (χ1v) is 8.61. The third kappa shape index (κ3) is 4.74. The van der Waals surface area contributed by atoms with Gasteiger partial charge in [0.1, 0.15) is 0 Å². The van der Waals surface area contributed by atoms with E-state index in [-0.39, 0.29) is 12.0 Å². The molecule has 1 rings (SSSR count). The molecule has 4 heteroatoms. The van der Waals surface area contributed by atoms with Gasteiger partial charge >= 0.3 is 0 Å². The van der Waals surface area contributed by atoms with Crippen LogP contribution in [0.25, 0.3) is 0 Å². The van der Waals surface area contributed by atoms with Crippen LogP contribution >= 0.6 is 11.3 Å². The Hall–Kier alpha value is -0.610. The molecule has 0 aromatic carbocycles. The zero-order chi connectivity index (χ0) is 15.2. The van der Waals surface area contributed by atoms with Gasteiger partial charge in [0.05, 0.1) is 17.2 Å². The second-order valence-corrected chi connectivity index (χ2v) is 7.43. The van der Waals surface area contributed by atoms with Gasteiger partial charge in [-0.2, -0.15) is 0 Å². The van der Waals surface area contributed by atoms with Gasteiger partial charge in [-0.15, -0.1) is 0 Å². The molecular formula is C16H30N2OS. The third-order valence-electron chi connectivity index (χ3n) is 3.37. The summed E-state index contributed by atoms with van der Waals surface area (Å²) in [6.45, 7) is 13.2. The van der Waals surface area contributed by atoms with E-state index in [1.165, 1.54) is 25.7 Å². The SMILES string of the molecule is CCCCN(CCCC)c1nc(C(C)(C)C)c(CO)s1. The largest absolute Gasteiger partial charge is 0.391 e. The summed E-state index contributed by atoms with van der Waals surface area (Å²) in [7, 11) is 0. The molecule has 0 aliphatic heterocycles. The van der Waals surface area contributed by atoms with Gasteiger partial charge in [-0.1, -0.05) is 58.8 Å². The van der Waals surface area contributed by atoms with E-state index in [0.29, 0.717) is 0 Å². The second kappa shape index (κ2) is 7.99. The maximum atomic E-state index is 9.58. The van der Waals surface area contributed by atoms with Gasteiger partial charge in [-0.3, -0.25) is 0 Å². The van der Waals surface area contributed by atoms with Crippen LogP contribution in [0.1, 0.15) is 70.9 Å². The maximum Gasteiger partial charge on any atom is 0.185 e. The van der Waals surface area contributed by atoms with E-state index in [1.807, 2.05) is 0 Å². The molecule has 116 valence electrons. The van der Waals surface area contributed by atoms with Crippen molar-refractivity contribution in [3.63, 3.8) is 0 Å². The zero-order valence-electron chi connectivity index (χ0n) is 13.7. The summed E-state index contributed by atoms with van der Waals surface area (Å²) in [5, 5.41) is 10.7. The lowest BCUT2D eigenvalue weighted by Gasteiger charge is -2.22. The Morgan fingerprint density at radius 2 is 1.65 bits per heavy atom. The smallest absolute Gasteiger partial charge is 0.185 e. The molecule has 0 atom stereocenters. The number of aliphatic hydroxyl groups excluding tert-OH is 1. The Balaban J connectivity index is 2.97. The van der Waals surface area contributed by atoms with Gasteiger partial charge in [0, 0.05) is 18.5 Å². The van der Waals surface area contributed by atoms with Crippen molar-refractivity contribution in [2.24, 2.45) is 0 Å². The number of aromatic nitrogens is 1. The minimum atomic E-state index is -0.00596. The van der Waals surface area contributed by atoms with Crippen LogP contribution in [0.15, 0.2) is 0 Å². The van der Waals surface area contributed by atoms with Crippen LogP contribution in [0.2, 0.25) is 0 Å². The van der Waals surface area contributed by atoms with Gasteiger partial charge in [-0.25, -0.2) is 4.98 Å². The Kier molecular flexibility index (Phi) is 6.96. The van der Waals surface area contributed by atoms with Crippen LogP contribution in [0, 0.1) is 0 Å². The van der Waals surface area contributed by atoms with Crippen molar-refractivity contribution in [1.29, 1.82) is 0 Å². The van der Waals surface area contributed by atoms with Gasteiger partial charge < -0.3 is 10.0 Å². The maximum absolute atomic E-state index is 9.58. The van der Waals surface area contributed by atoms with E-state index in [1.54, 1.807) is 11.3 Å². The molecule has 0 bridgehead atoms. The Morgan fingerprint density at radius 1 is 1.10 bits per heavy atom. The first kappa shape index (κ1) is 17.4. The molecule has 0 amide bonds. The summed E-state index contributed by atoms with van der Waals surface area (Å²) in [5.74, 6) is 0. The lowest BCUT2D eigenvalue weighted by molar-refractivity contribution is 0.282. The highest BCUT2D eigenvalue weighted by atomic mass is 32.1. The summed E-state index contributed by atoms with van der Waals surface area (Å²) < 4.78 is 0. The number of aliphatic hydroxyl groups is 1. The van der Waals surface area contributed by atoms with Crippen molar-refractivity contribution in [3.8, 4) is 0 Å². The fraction of sp³-hybridized carbons (Fsp3) is 0.812. The highest BCUT2D eigenvalue weighted by Crippen LogP contribution is 2.34. The first-order chi connectivity index (χ1) is 9.43. The van der Waals surface area contributed by atoms with Crippen LogP contribution in [0.4, 0.5) is 5.13 Å². The molecule has 1 heterocycles. The minimum absolute atomic E-state index is 0.00596. The molecule has 1 N–H and O–H groups in total. The van der Waals surface area contributed by atoms with Crippen molar-refractivity contribution in [3.05, 3.63) is 10.6 Å². The van der Waals surface area contributed by atoms with Crippen LogP contribution in [-0.2, 0) is 12.0 Å². The average molecular weight is 298 g/mol. The lowest BCUT2D eigenvalue weighted by atomic mass is 9.91. The Morgan fingerprint density at radius 3 is 2.00 bits per heavy atom. The van der Waals surface area contributed by atoms with Crippen LogP contribution in [0.3, 0.4) is 0 Å². The molecule has 0 unspecified atom stereocenters. The highest BCUT2D eigenvalue weighted by molar-refractivity contribution is 7.15. The standard InChI is InChI=1S/C16H30N2OS/c1-6-8-10-18(11-9-7-2)15-17-14(16(3,4)5)13(12-19)20-15/h19H,6-12H2,1-5H3. The molecule has 0 aliphatic carbocycles. The molecule has 1 aromatic heterocycles. The van der Waals surface area contributed by atoms with Crippen molar-refractivity contribution in [2.75, 3.05) is 18.0 Å². The summed E-state index contributed by atoms with van der Waals surface area (Å²) in [4.78, 5) is 8.26. The number of unbranched alkanes of at least 4 members (excludes halogenated alkanes) is 2. The number of nitrogens with zero attached hydrogens (tertiary/aromatic N) is 2. The zero-order valence-corrected chi connectivity index (χ0v) is 14.5. The average Bonchev–Trinajstić information content (AvgIpc) is 2.83. The lowest BCUT2D eigenvalue weighted by Crippen LogP contribution is -2.25. The second-order valence-electron chi connectivity index (χ2n) is 6.37. The van der Waals surface area contributed by atoms with Gasteiger partial charge in [0.2, 0.25) is 0 Å². The molecule has 0 saturated carbocycles. The molecular weight excluding hydrogens is 268 g/mol. The highest BCUT2D eigenvalue weighted by Gasteiger charge is 2.24. The van der Waals surface area contributed by atoms with E-state index < -0.39 is 0 Å². The summed E-state index contributed by atoms with van der Waals surface area (Å²) >= 11 is 1.66. The van der Waals surface area contributed by atoms with Crippen molar-refractivity contribution < 1.29 is 5.11 Å². The van der Waals surface area contributed by atoms with Crippen LogP contribution < -0.4 is 4.90 Å². The molecule has 20 heavy (non-hydrogen) atoms. The minimum Gasteiger partial charge on any atom is -0.391 e. The summed E-state index contributed by atoms with van der Waals surface area (Å²) in [5.41, 5.74) is 1.05. The summed E-state index contributed by atoms with van der Waals surface area (Å²) in [6.07, 6.45) is 4.80. The van der Waals surface area contributed by atoms with Crippen molar-refractivity contribution >= 4 is 16.5 Å². The molecule has 0 saturated heterocycles. The fourth-order valence-electron chi connectivity index (χ4n) is 2.17. The van der Waals surface area contributed by atoms with Gasteiger partial charge in [-0.05, 0) is 12.8 Å². The quantitative estimate of drug-likeness (QED) is 0.775. The molecule has 0 spiro atoms. The summed E-state index contributed by atoms with van der Waals surface area (Å²) in [6, 6.07) is 0. The Bertz CT molecular complexity index is 388. The van der Waals surface area contributed by atoms with E-state index in [4.69, 9.17) is 4.98 Å². The van der Waals surface area contributed by atoms with Crippen molar-refractivity contribution in [2.45, 2.75) is 72.3 Å². The van der Waals surface area contributed by atoms with E-state index in [2.05, 4.69) is 39.5 Å². The van der Waals surface area contributed by atoms with Crippen LogP contribution in [0.5, 0.6) is 0 Å². The molecule has 1 aromatic rings. The predicted octanol–water partition coefficient (Wildman–Crippen LogP) is 4.34. The van der Waals surface area contributed by atoms with E-state index >= 15 is 0 Å². The molecule has 0 radical (unpaired) electrons. The van der Waals surface area contributed by atoms with E-state index in [9.17, 15) is 5.11 Å². The monoisotopic (exact) mass is 298 g/mol. The molecule has 0 fully saturated rings. The van der Waals surface area contributed by atoms with Gasteiger partial charge in [0.25, 0.3) is 0 Å². The molecule has 3 nitrogen and oxygen atoms in total. The van der Waals surface area contributed by atoms with Crippen LogP contribution in [-0.4, -0.2) is 23.2 Å². The predicted molar refractivity (Wildman–Crippen MR) is 88.8 cm³/mol. The van der Waals surface area contributed by atoms with E-state index in [0.717, 1.165) is 28.8 Å². The van der Waals surface area contributed by atoms with Gasteiger partial charge in [0.15, 0.2) is 5.13 Å². The molecule has 0 aliphatic rings. The number of hydrogen-bond acceptors (Lipinski definition) is 4. The Labute approximate surface area is 128 Å². The number of rotatable bonds is 8. The first-order valence-electron chi connectivity index (χ1n) is 7.80. The number of anilines is 1. The third-order valence-corrected chi connectivity index (χ3v) is 4.47. The topological polar surface area (TPSA) is 36.4 Å². The van der Waals surface area contributed by atoms with Crippen molar-refractivity contribution in [1.82, 2.24) is 4.98 Å².